The maximum atomic E-state index is 11.5. The number of ketones is 1. The zero-order chi connectivity index (χ0) is 8.97. The first kappa shape index (κ1) is 9.43. The fourth-order valence-corrected chi connectivity index (χ4v) is 1.74. The molecule has 0 aromatic heterocycles. The first-order chi connectivity index (χ1) is 5.75. The molecular formula is C10H16NO. The molecule has 0 bridgehead atoms. The van der Waals surface area contributed by atoms with Crippen LogP contribution in [0.1, 0.15) is 39.0 Å². The Labute approximate surface area is 73.9 Å². The van der Waals surface area contributed by atoms with Crippen molar-refractivity contribution in [2.24, 2.45) is 5.92 Å². The van der Waals surface area contributed by atoms with Gasteiger partial charge in [-0.05, 0) is 25.7 Å². The maximum Gasteiger partial charge on any atom is 0.179 e. The van der Waals surface area contributed by atoms with Crippen LogP contribution in [-0.4, -0.2) is 11.5 Å². The predicted octanol–water partition coefficient (Wildman–Crippen LogP) is 2.38. The van der Waals surface area contributed by atoms with Crippen LogP contribution in [0.2, 0.25) is 0 Å². The smallest absolute Gasteiger partial charge is 0.179 e. The highest BCUT2D eigenvalue weighted by Crippen LogP contribution is 2.25. The van der Waals surface area contributed by atoms with E-state index in [1.807, 2.05) is 13.3 Å². The Morgan fingerprint density at radius 3 is 2.58 bits per heavy atom. The SMILES string of the molecule is C[CH]CC(=N)C(=O)C1CCCC1. The first-order valence-electron chi connectivity index (χ1n) is 4.65. The van der Waals surface area contributed by atoms with Crippen LogP contribution in [0.4, 0.5) is 0 Å². The van der Waals surface area contributed by atoms with Crippen molar-refractivity contribution in [3.05, 3.63) is 6.42 Å². The molecule has 1 aliphatic carbocycles. The van der Waals surface area contributed by atoms with Gasteiger partial charge in [-0.2, -0.15) is 0 Å². The van der Waals surface area contributed by atoms with Crippen LogP contribution in [0, 0.1) is 17.7 Å². The van der Waals surface area contributed by atoms with Gasteiger partial charge in [0.1, 0.15) is 0 Å². The summed E-state index contributed by atoms with van der Waals surface area (Å²) in [7, 11) is 0. The van der Waals surface area contributed by atoms with Gasteiger partial charge in [0.2, 0.25) is 0 Å². The number of hydrogen-bond donors (Lipinski definition) is 1. The minimum Gasteiger partial charge on any atom is -0.302 e. The average molecular weight is 166 g/mol. The van der Waals surface area contributed by atoms with Crippen LogP contribution in [0.3, 0.4) is 0 Å². The normalized spacial score (nSPS) is 18.1. The second-order valence-corrected chi connectivity index (χ2v) is 3.44. The van der Waals surface area contributed by atoms with Crippen molar-refractivity contribution in [2.45, 2.75) is 39.0 Å². The molecule has 0 aromatic rings. The summed E-state index contributed by atoms with van der Waals surface area (Å²) in [6, 6.07) is 0. The van der Waals surface area contributed by atoms with Gasteiger partial charge in [0.05, 0.1) is 5.71 Å². The molecule has 1 N–H and O–H groups in total. The molecule has 0 spiro atoms. The van der Waals surface area contributed by atoms with E-state index in [0.29, 0.717) is 12.1 Å². The Balaban J connectivity index is 2.40. The summed E-state index contributed by atoms with van der Waals surface area (Å²) in [5.74, 6) is 0.267. The van der Waals surface area contributed by atoms with E-state index in [9.17, 15) is 4.79 Å². The van der Waals surface area contributed by atoms with Crippen molar-refractivity contribution in [1.82, 2.24) is 0 Å². The van der Waals surface area contributed by atoms with E-state index in [1.54, 1.807) is 0 Å². The zero-order valence-corrected chi connectivity index (χ0v) is 7.60. The molecule has 2 nitrogen and oxygen atoms in total. The van der Waals surface area contributed by atoms with Gasteiger partial charge in [-0.3, -0.25) is 4.79 Å². The van der Waals surface area contributed by atoms with Crippen LogP contribution in [-0.2, 0) is 4.79 Å². The van der Waals surface area contributed by atoms with Gasteiger partial charge in [0.15, 0.2) is 5.78 Å². The molecule has 0 aliphatic heterocycles. The number of Topliss-reactive ketones (excluding diaryl/α,β-unsaturated/α-hetero) is 1. The standard InChI is InChI=1S/C10H16NO/c1-2-5-9(11)10(12)8-6-3-4-7-8/h2,8,11H,3-7H2,1H3. The lowest BCUT2D eigenvalue weighted by atomic mass is 9.97. The summed E-state index contributed by atoms with van der Waals surface area (Å²) < 4.78 is 0. The third-order valence-corrected chi connectivity index (χ3v) is 2.43. The lowest BCUT2D eigenvalue weighted by molar-refractivity contribution is -0.116. The number of rotatable bonds is 4. The van der Waals surface area contributed by atoms with Crippen molar-refractivity contribution in [2.75, 3.05) is 0 Å². The molecule has 1 aliphatic rings. The second kappa shape index (κ2) is 4.39. The van der Waals surface area contributed by atoms with Gasteiger partial charge in [-0.1, -0.05) is 19.8 Å². The molecule has 0 amide bonds. The van der Waals surface area contributed by atoms with Gasteiger partial charge in [-0.15, -0.1) is 0 Å². The van der Waals surface area contributed by atoms with E-state index in [2.05, 4.69) is 0 Å². The largest absolute Gasteiger partial charge is 0.302 e. The monoisotopic (exact) mass is 166 g/mol. The van der Waals surface area contributed by atoms with E-state index in [0.717, 1.165) is 12.8 Å². The van der Waals surface area contributed by atoms with Crippen molar-refractivity contribution >= 4 is 11.5 Å². The highest BCUT2D eigenvalue weighted by Gasteiger charge is 2.24. The summed E-state index contributed by atoms with van der Waals surface area (Å²) >= 11 is 0. The number of nitrogens with one attached hydrogen (secondary N) is 1. The van der Waals surface area contributed by atoms with Crippen molar-refractivity contribution in [1.29, 1.82) is 5.41 Å². The predicted molar refractivity (Wildman–Crippen MR) is 49.3 cm³/mol. The van der Waals surface area contributed by atoms with E-state index in [4.69, 9.17) is 5.41 Å². The molecule has 1 rings (SSSR count). The van der Waals surface area contributed by atoms with E-state index in [1.165, 1.54) is 12.8 Å². The minimum absolute atomic E-state index is 0.0885. The van der Waals surface area contributed by atoms with Gasteiger partial charge in [0.25, 0.3) is 0 Å². The van der Waals surface area contributed by atoms with Crippen molar-refractivity contribution in [3.8, 4) is 0 Å². The molecule has 12 heavy (non-hydrogen) atoms. The summed E-state index contributed by atoms with van der Waals surface area (Å²) in [6.07, 6.45) is 6.75. The van der Waals surface area contributed by atoms with Gasteiger partial charge in [0, 0.05) is 5.92 Å². The first-order valence-corrected chi connectivity index (χ1v) is 4.65. The molecule has 0 atom stereocenters. The Hall–Kier alpha value is -0.660. The van der Waals surface area contributed by atoms with Gasteiger partial charge in [-0.25, -0.2) is 0 Å². The molecule has 1 radical (unpaired) electrons. The fraction of sp³-hybridized carbons (Fsp3) is 0.700. The Kier molecular flexibility index (Phi) is 3.45. The molecule has 2 heteroatoms. The lowest BCUT2D eigenvalue weighted by Gasteiger charge is -2.07. The Bertz CT molecular complexity index is 180. The van der Waals surface area contributed by atoms with E-state index >= 15 is 0 Å². The number of carbonyl (C=O) groups is 1. The quantitative estimate of drug-likeness (QED) is 0.640. The maximum absolute atomic E-state index is 11.5. The number of hydrogen-bond acceptors (Lipinski definition) is 2. The fourth-order valence-electron chi connectivity index (χ4n) is 1.74. The Morgan fingerprint density at radius 2 is 2.08 bits per heavy atom. The summed E-state index contributed by atoms with van der Waals surface area (Å²) in [6.45, 7) is 1.89. The van der Waals surface area contributed by atoms with Crippen LogP contribution in [0.15, 0.2) is 0 Å². The summed E-state index contributed by atoms with van der Waals surface area (Å²) in [5, 5.41) is 7.48. The van der Waals surface area contributed by atoms with Crippen molar-refractivity contribution < 1.29 is 4.79 Å². The molecule has 0 unspecified atom stereocenters. The molecular weight excluding hydrogens is 150 g/mol. The topological polar surface area (TPSA) is 40.9 Å². The third-order valence-electron chi connectivity index (χ3n) is 2.43. The van der Waals surface area contributed by atoms with Crippen LogP contribution in [0.25, 0.3) is 0 Å². The highest BCUT2D eigenvalue weighted by atomic mass is 16.1. The molecule has 1 fully saturated rings. The van der Waals surface area contributed by atoms with Crippen LogP contribution >= 0.6 is 0 Å². The summed E-state index contributed by atoms with van der Waals surface area (Å²) in [5.41, 5.74) is 0.296. The number of carbonyl (C=O) groups excluding carboxylic acids is 1. The molecule has 0 saturated heterocycles. The highest BCUT2D eigenvalue weighted by molar-refractivity contribution is 6.39. The average Bonchev–Trinajstić information content (AvgIpc) is 2.55. The van der Waals surface area contributed by atoms with E-state index in [-0.39, 0.29) is 11.7 Å². The minimum atomic E-state index is 0.0885. The van der Waals surface area contributed by atoms with E-state index < -0.39 is 0 Å². The third kappa shape index (κ3) is 2.16. The van der Waals surface area contributed by atoms with Crippen LogP contribution in [0.5, 0.6) is 0 Å². The Morgan fingerprint density at radius 1 is 1.50 bits per heavy atom. The van der Waals surface area contributed by atoms with Gasteiger partial charge < -0.3 is 5.41 Å². The molecule has 1 saturated carbocycles. The second-order valence-electron chi connectivity index (χ2n) is 3.44. The lowest BCUT2D eigenvalue weighted by Crippen LogP contribution is -2.20. The van der Waals surface area contributed by atoms with Crippen LogP contribution < -0.4 is 0 Å². The zero-order valence-electron chi connectivity index (χ0n) is 7.60. The summed E-state index contributed by atoms with van der Waals surface area (Å²) in [4.78, 5) is 11.5. The van der Waals surface area contributed by atoms with Crippen molar-refractivity contribution in [3.63, 3.8) is 0 Å². The molecule has 67 valence electrons. The van der Waals surface area contributed by atoms with Gasteiger partial charge >= 0.3 is 0 Å². The molecule has 0 aromatic carbocycles. The molecule has 0 heterocycles.